The van der Waals surface area contributed by atoms with Crippen molar-refractivity contribution in [3.05, 3.63) is 29.8 Å². The Hall–Kier alpha value is -1.13. The van der Waals surface area contributed by atoms with Gasteiger partial charge < -0.3 is 15.3 Å². The molecule has 1 aromatic carbocycles. The molecule has 0 aromatic heterocycles. The van der Waals surface area contributed by atoms with Gasteiger partial charge in [-0.05, 0) is 54.6 Å². The van der Waals surface area contributed by atoms with E-state index in [1.54, 1.807) is 0 Å². The number of hydrogen-bond acceptors (Lipinski definition) is 2. The minimum Gasteiger partial charge on any atom is -0.396 e. The summed E-state index contributed by atoms with van der Waals surface area (Å²) in [6, 6.07) is 8.44. The summed E-state index contributed by atoms with van der Waals surface area (Å²) in [6.45, 7) is 6.46. The molecule has 1 unspecified atom stereocenters. The second-order valence-electron chi connectivity index (χ2n) is 5.84. The molecule has 1 heterocycles. The number of anilines is 1. The van der Waals surface area contributed by atoms with Gasteiger partial charge in [-0.2, -0.15) is 0 Å². The van der Waals surface area contributed by atoms with E-state index in [2.05, 4.69) is 48.3 Å². The van der Waals surface area contributed by atoms with E-state index >= 15 is 0 Å². The number of likely N-dealkylation sites (tertiary alicyclic amines) is 1. The van der Waals surface area contributed by atoms with Crippen LogP contribution in [-0.4, -0.2) is 34.8 Å². The fourth-order valence-electron chi connectivity index (χ4n) is 2.55. The molecular formula is C16H24N2OS. The maximum absolute atomic E-state index is 9.27. The molecule has 1 aliphatic heterocycles. The lowest BCUT2D eigenvalue weighted by atomic mass is 9.99. The average Bonchev–Trinajstić information content (AvgIpc) is 2.47. The topological polar surface area (TPSA) is 35.5 Å². The monoisotopic (exact) mass is 292 g/mol. The summed E-state index contributed by atoms with van der Waals surface area (Å²) in [5.41, 5.74) is 2.37. The van der Waals surface area contributed by atoms with E-state index in [1.807, 2.05) is 0 Å². The third kappa shape index (κ3) is 3.93. The van der Waals surface area contributed by atoms with Gasteiger partial charge in [0.1, 0.15) is 0 Å². The SMILES string of the molecule is CC(C)c1ccc(NC(=S)N2CCCC(CO)C2)cc1. The summed E-state index contributed by atoms with van der Waals surface area (Å²) in [7, 11) is 0. The standard InChI is InChI=1S/C16H24N2OS/c1-12(2)14-5-7-15(8-6-14)17-16(20)18-9-3-4-13(10-18)11-19/h5-8,12-13,19H,3-4,9-11H2,1-2H3,(H,17,20). The van der Waals surface area contributed by atoms with Crippen molar-refractivity contribution in [2.24, 2.45) is 5.92 Å². The van der Waals surface area contributed by atoms with Crippen molar-refractivity contribution in [2.45, 2.75) is 32.6 Å². The lowest BCUT2D eigenvalue weighted by Crippen LogP contribution is -2.43. The van der Waals surface area contributed by atoms with Gasteiger partial charge >= 0.3 is 0 Å². The van der Waals surface area contributed by atoms with Crippen LogP contribution in [0.3, 0.4) is 0 Å². The molecule has 1 aliphatic rings. The first-order chi connectivity index (χ1) is 9.60. The Labute approximate surface area is 127 Å². The van der Waals surface area contributed by atoms with Crippen LogP contribution in [0.4, 0.5) is 5.69 Å². The zero-order chi connectivity index (χ0) is 14.5. The van der Waals surface area contributed by atoms with Gasteiger partial charge in [0, 0.05) is 25.4 Å². The molecule has 2 N–H and O–H groups in total. The van der Waals surface area contributed by atoms with Gasteiger partial charge in [0.2, 0.25) is 0 Å². The van der Waals surface area contributed by atoms with Crippen molar-refractivity contribution < 1.29 is 5.11 Å². The van der Waals surface area contributed by atoms with Gasteiger partial charge in [0.25, 0.3) is 0 Å². The molecule has 1 atom stereocenters. The number of nitrogens with zero attached hydrogens (tertiary/aromatic N) is 1. The average molecular weight is 292 g/mol. The summed E-state index contributed by atoms with van der Waals surface area (Å²) < 4.78 is 0. The Kier molecular flexibility index (Phi) is 5.38. The molecule has 1 aromatic rings. The summed E-state index contributed by atoms with van der Waals surface area (Å²) in [5, 5.41) is 13.3. The number of nitrogens with one attached hydrogen (secondary N) is 1. The third-order valence-corrected chi connectivity index (χ3v) is 4.25. The molecule has 4 heteroatoms. The molecule has 0 saturated carbocycles. The molecule has 3 nitrogen and oxygen atoms in total. The highest BCUT2D eigenvalue weighted by molar-refractivity contribution is 7.80. The second-order valence-corrected chi connectivity index (χ2v) is 6.23. The minimum atomic E-state index is 0.252. The first kappa shape index (κ1) is 15.3. The van der Waals surface area contributed by atoms with Crippen LogP contribution in [0.1, 0.15) is 38.2 Å². The minimum absolute atomic E-state index is 0.252. The van der Waals surface area contributed by atoms with Gasteiger partial charge in [-0.3, -0.25) is 0 Å². The fraction of sp³-hybridized carbons (Fsp3) is 0.562. The van der Waals surface area contributed by atoms with Crippen LogP contribution in [0.5, 0.6) is 0 Å². The number of rotatable bonds is 3. The molecule has 110 valence electrons. The summed E-state index contributed by atoms with van der Waals surface area (Å²) in [6.07, 6.45) is 2.19. The number of piperidine rings is 1. The third-order valence-electron chi connectivity index (χ3n) is 3.89. The smallest absolute Gasteiger partial charge is 0.173 e. The van der Waals surface area contributed by atoms with Crippen LogP contribution in [0, 0.1) is 5.92 Å². The molecule has 2 rings (SSSR count). The Balaban J connectivity index is 1.93. The van der Waals surface area contributed by atoms with E-state index in [0.29, 0.717) is 11.8 Å². The number of aliphatic hydroxyl groups excluding tert-OH is 1. The largest absolute Gasteiger partial charge is 0.396 e. The molecule has 20 heavy (non-hydrogen) atoms. The lowest BCUT2D eigenvalue weighted by Gasteiger charge is -2.33. The number of hydrogen-bond donors (Lipinski definition) is 2. The molecule has 0 spiro atoms. The van der Waals surface area contributed by atoms with Gasteiger partial charge in [0.15, 0.2) is 5.11 Å². The molecule has 0 bridgehead atoms. The second kappa shape index (κ2) is 7.04. The van der Waals surface area contributed by atoms with Crippen LogP contribution in [0.15, 0.2) is 24.3 Å². The maximum Gasteiger partial charge on any atom is 0.173 e. The summed E-state index contributed by atoms with van der Waals surface area (Å²) in [4.78, 5) is 2.16. The number of benzene rings is 1. The normalized spacial score (nSPS) is 19.2. The van der Waals surface area contributed by atoms with Crippen molar-refractivity contribution in [2.75, 3.05) is 25.0 Å². The highest BCUT2D eigenvalue weighted by Gasteiger charge is 2.20. The zero-order valence-electron chi connectivity index (χ0n) is 12.3. The van der Waals surface area contributed by atoms with Crippen molar-refractivity contribution >= 4 is 23.0 Å². The summed E-state index contributed by atoms with van der Waals surface area (Å²) >= 11 is 5.47. The molecule has 1 saturated heterocycles. The van der Waals surface area contributed by atoms with Crippen LogP contribution >= 0.6 is 12.2 Å². The van der Waals surface area contributed by atoms with E-state index in [1.165, 1.54) is 5.56 Å². The van der Waals surface area contributed by atoms with Gasteiger partial charge in [-0.1, -0.05) is 26.0 Å². The van der Waals surface area contributed by atoms with Crippen LogP contribution < -0.4 is 5.32 Å². The summed E-state index contributed by atoms with van der Waals surface area (Å²) in [5.74, 6) is 0.898. The maximum atomic E-state index is 9.27. The highest BCUT2D eigenvalue weighted by Crippen LogP contribution is 2.19. The molecular weight excluding hydrogens is 268 g/mol. The Bertz CT molecular complexity index is 444. The van der Waals surface area contributed by atoms with Gasteiger partial charge in [-0.25, -0.2) is 0 Å². The predicted octanol–water partition coefficient (Wildman–Crippen LogP) is 3.21. The van der Waals surface area contributed by atoms with E-state index in [4.69, 9.17) is 12.2 Å². The van der Waals surface area contributed by atoms with Crippen molar-refractivity contribution in [3.8, 4) is 0 Å². The fourth-order valence-corrected chi connectivity index (χ4v) is 2.84. The van der Waals surface area contributed by atoms with E-state index in [0.717, 1.165) is 36.7 Å². The van der Waals surface area contributed by atoms with Crippen LogP contribution in [0.2, 0.25) is 0 Å². The van der Waals surface area contributed by atoms with E-state index in [-0.39, 0.29) is 6.61 Å². The Morgan fingerprint density at radius 3 is 2.70 bits per heavy atom. The zero-order valence-corrected chi connectivity index (χ0v) is 13.1. The van der Waals surface area contributed by atoms with Crippen molar-refractivity contribution in [1.29, 1.82) is 0 Å². The Morgan fingerprint density at radius 2 is 2.10 bits per heavy atom. The highest BCUT2D eigenvalue weighted by atomic mass is 32.1. The predicted molar refractivity (Wildman–Crippen MR) is 88.1 cm³/mol. The first-order valence-corrected chi connectivity index (χ1v) is 7.77. The Morgan fingerprint density at radius 1 is 1.40 bits per heavy atom. The molecule has 1 fully saturated rings. The van der Waals surface area contributed by atoms with Gasteiger partial charge in [0.05, 0.1) is 0 Å². The van der Waals surface area contributed by atoms with Crippen molar-refractivity contribution in [1.82, 2.24) is 4.90 Å². The number of aliphatic hydroxyl groups is 1. The van der Waals surface area contributed by atoms with E-state index in [9.17, 15) is 5.11 Å². The van der Waals surface area contributed by atoms with Gasteiger partial charge in [-0.15, -0.1) is 0 Å². The van der Waals surface area contributed by atoms with Crippen molar-refractivity contribution in [3.63, 3.8) is 0 Å². The molecule has 0 radical (unpaired) electrons. The number of thiocarbonyl (C=S) groups is 1. The van der Waals surface area contributed by atoms with Crippen LogP contribution in [0.25, 0.3) is 0 Å². The molecule has 0 aliphatic carbocycles. The van der Waals surface area contributed by atoms with E-state index < -0.39 is 0 Å². The molecule has 0 amide bonds. The first-order valence-electron chi connectivity index (χ1n) is 7.37. The quantitative estimate of drug-likeness (QED) is 0.839. The van der Waals surface area contributed by atoms with Crippen LogP contribution in [-0.2, 0) is 0 Å². The lowest BCUT2D eigenvalue weighted by molar-refractivity contribution is 0.162.